The van der Waals surface area contributed by atoms with Crippen molar-refractivity contribution in [1.29, 1.82) is 0 Å². The van der Waals surface area contributed by atoms with E-state index in [0.29, 0.717) is 43.1 Å². The van der Waals surface area contributed by atoms with Gasteiger partial charge in [0.2, 0.25) is 0 Å². The molecule has 7 unspecified atom stereocenters. The van der Waals surface area contributed by atoms with Crippen molar-refractivity contribution in [2.45, 2.75) is 192 Å². The first-order valence-electron chi connectivity index (χ1n) is 22.4. The summed E-state index contributed by atoms with van der Waals surface area (Å²) < 4.78 is 39.5. The molecule has 0 bridgehead atoms. The lowest BCUT2D eigenvalue weighted by molar-refractivity contribution is -0.870. The Hall–Kier alpha value is -1.67. The van der Waals surface area contributed by atoms with Gasteiger partial charge in [0.25, 0.3) is 7.82 Å². The van der Waals surface area contributed by atoms with Gasteiger partial charge < -0.3 is 48.0 Å². The third kappa shape index (κ3) is 30.4. The SMILES string of the molecule is CCCCCCCCCCCCCCCC(=O)OCC(COP(=O)([O-])OCC[N+](C)(C)C)OC(=O)CCC/C=C\CC1C(O)CC(O)OC1/C=C/C(O)CCCCC. The number of rotatable bonds is 36. The molecule has 1 aliphatic rings. The zero-order valence-corrected chi connectivity index (χ0v) is 37.7. The number of carbonyl (C=O) groups excluding carboxylic acids is 2. The number of phosphoric acid groups is 1. The van der Waals surface area contributed by atoms with E-state index in [0.717, 1.165) is 38.5 Å². The molecule has 0 aromatic carbocycles. The summed E-state index contributed by atoms with van der Waals surface area (Å²) in [5.41, 5.74) is 0. The van der Waals surface area contributed by atoms with Crippen molar-refractivity contribution in [2.75, 3.05) is 47.5 Å². The standard InChI is InChI=1S/C44H82NO12P/c1-6-8-10-11-12-13-14-15-16-17-18-19-24-28-42(48)53-35-38(36-55-58(51,52)54-33-32-45(3,4)5)56-43(49)29-25-21-20-23-27-39-40(47)34-44(50)57-41(39)31-30-37(46)26-22-9-7-2/h20,23,30-31,37-41,44,46-47,50H,6-19,21-22,24-29,32-36H2,1-5H3/b23-20-,31-30+. The zero-order valence-electron chi connectivity index (χ0n) is 36.8. The second kappa shape index (κ2) is 33.0. The van der Waals surface area contributed by atoms with Crippen molar-refractivity contribution < 1.29 is 62.1 Å². The van der Waals surface area contributed by atoms with Crippen molar-refractivity contribution in [3.63, 3.8) is 0 Å². The highest BCUT2D eigenvalue weighted by Gasteiger charge is 2.35. The number of ether oxygens (including phenoxy) is 3. The van der Waals surface area contributed by atoms with Crippen LogP contribution < -0.4 is 4.89 Å². The van der Waals surface area contributed by atoms with E-state index in [9.17, 15) is 34.4 Å². The highest BCUT2D eigenvalue weighted by molar-refractivity contribution is 7.45. The van der Waals surface area contributed by atoms with E-state index in [1.165, 1.54) is 57.8 Å². The highest BCUT2D eigenvalue weighted by atomic mass is 31.2. The summed E-state index contributed by atoms with van der Waals surface area (Å²) in [7, 11) is 1.00. The van der Waals surface area contributed by atoms with Gasteiger partial charge in [-0.3, -0.25) is 14.2 Å². The molecule has 1 rings (SSSR count). The number of aliphatic hydroxyl groups excluding tert-OH is 3. The van der Waals surface area contributed by atoms with E-state index < -0.39 is 57.1 Å². The minimum Gasteiger partial charge on any atom is -0.756 e. The highest BCUT2D eigenvalue weighted by Crippen LogP contribution is 2.38. The number of likely N-dealkylation sites (N-methyl/N-ethyl adjacent to an activating group) is 1. The van der Waals surface area contributed by atoms with Gasteiger partial charge in [-0.2, -0.15) is 0 Å². The normalized spacial score (nSPS) is 21.0. The third-order valence-corrected chi connectivity index (χ3v) is 11.2. The van der Waals surface area contributed by atoms with Crippen LogP contribution in [0.3, 0.4) is 0 Å². The molecule has 3 N–H and O–H groups in total. The monoisotopic (exact) mass is 848 g/mol. The van der Waals surface area contributed by atoms with E-state index in [1.807, 2.05) is 33.3 Å². The molecule has 7 atom stereocenters. The summed E-state index contributed by atoms with van der Waals surface area (Å²) in [6, 6.07) is 0. The summed E-state index contributed by atoms with van der Waals surface area (Å²) in [4.78, 5) is 37.7. The number of quaternary nitrogens is 1. The average molecular weight is 848 g/mol. The topological polar surface area (TPSA) is 181 Å². The Balaban J connectivity index is 2.55. The van der Waals surface area contributed by atoms with Crippen LogP contribution in [0, 0.1) is 5.92 Å². The van der Waals surface area contributed by atoms with Crippen molar-refractivity contribution in [3.8, 4) is 0 Å². The van der Waals surface area contributed by atoms with Gasteiger partial charge in [-0.25, -0.2) is 0 Å². The predicted molar refractivity (Wildman–Crippen MR) is 225 cm³/mol. The summed E-state index contributed by atoms with van der Waals surface area (Å²) in [6.45, 7) is 3.80. The number of aliphatic hydroxyl groups is 3. The number of carbonyl (C=O) groups is 2. The van der Waals surface area contributed by atoms with Crippen molar-refractivity contribution in [1.82, 2.24) is 0 Å². The molecule has 0 aromatic rings. The summed E-state index contributed by atoms with van der Waals surface area (Å²) >= 11 is 0. The maximum atomic E-state index is 12.8. The van der Waals surface area contributed by atoms with Crippen molar-refractivity contribution >= 4 is 19.8 Å². The molecule has 0 amide bonds. The van der Waals surface area contributed by atoms with Crippen LogP contribution in [-0.4, -0.2) is 110 Å². The summed E-state index contributed by atoms with van der Waals surface area (Å²) in [6.07, 6.45) is 23.9. The molecule has 0 spiro atoms. The lowest BCUT2D eigenvalue weighted by Crippen LogP contribution is -2.43. The molecule has 1 fully saturated rings. The van der Waals surface area contributed by atoms with Gasteiger partial charge in [-0.05, 0) is 32.1 Å². The first kappa shape index (κ1) is 54.3. The van der Waals surface area contributed by atoms with Gasteiger partial charge in [-0.1, -0.05) is 134 Å². The molecule has 0 saturated carbocycles. The Morgan fingerprint density at radius 2 is 1.40 bits per heavy atom. The molecule has 1 aliphatic heterocycles. The molecule has 58 heavy (non-hydrogen) atoms. The van der Waals surface area contributed by atoms with Gasteiger partial charge in [0.05, 0.1) is 46.1 Å². The molecule has 1 saturated heterocycles. The third-order valence-electron chi connectivity index (χ3n) is 10.3. The first-order chi connectivity index (χ1) is 27.7. The lowest BCUT2D eigenvalue weighted by atomic mass is 9.87. The maximum absolute atomic E-state index is 12.8. The number of esters is 2. The van der Waals surface area contributed by atoms with Gasteiger partial charge in [0.15, 0.2) is 12.4 Å². The number of hydrogen-bond acceptors (Lipinski definition) is 12. The molecule has 340 valence electrons. The van der Waals surface area contributed by atoms with Crippen LogP contribution in [0.2, 0.25) is 0 Å². The Bertz CT molecular complexity index is 1160. The Morgan fingerprint density at radius 3 is 2.02 bits per heavy atom. The van der Waals surface area contributed by atoms with Crippen LogP contribution in [-0.2, 0) is 37.4 Å². The summed E-state index contributed by atoms with van der Waals surface area (Å²) in [5.74, 6) is -1.35. The minimum atomic E-state index is -4.70. The summed E-state index contributed by atoms with van der Waals surface area (Å²) in [5, 5.41) is 31.0. The van der Waals surface area contributed by atoms with Crippen LogP contribution in [0.1, 0.15) is 162 Å². The molecule has 0 radical (unpaired) electrons. The van der Waals surface area contributed by atoms with Crippen molar-refractivity contribution in [3.05, 3.63) is 24.3 Å². The van der Waals surface area contributed by atoms with E-state index >= 15 is 0 Å². The molecule has 13 nitrogen and oxygen atoms in total. The molecule has 0 aromatic heterocycles. The number of nitrogens with zero attached hydrogens (tertiary/aromatic N) is 1. The number of hydrogen-bond donors (Lipinski definition) is 3. The maximum Gasteiger partial charge on any atom is 0.306 e. The minimum absolute atomic E-state index is 0.0332. The van der Waals surface area contributed by atoms with Crippen LogP contribution in [0.15, 0.2) is 24.3 Å². The van der Waals surface area contributed by atoms with Crippen molar-refractivity contribution in [2.24, 2.45) is 5.92 Å². The van der Waals surface area contributed by atoms with Gasteiger partial charge in [-0.15, -0.1) is 0 Å². The van der Waals surface area contributed by atoms with Gasteiger partial charge >= 0.3 is 11.9 Å². The number of unbranched alkanes of at least 4 members (excludes halogenated alkanes) is 15. The van der Waals surface area contributed by atoms with E-state index in [2.05, 4.69) is 13.8 Å². The second-order valence-corrected chi connectivity index (χ2v) is 18.4. The van der Waals surface area contributed by atoms with E-state index in [4.69, 9.17) is 23.3 Å². The Kier molecular flexibility index (Phi) is 30.9. The van der Waals surface area contributed by atoms with Crippen LogP contribution in [0.5, 0.6) is 0 Å². The predicted octanol–water partition coefficient (Wildman–Crippen LogP) is 7.83. The van der Waals surface area contributed by atoms with E-state index in [1.54, 1.807) is 12.2 Å². The van der Waals surface area contributed by atoms with E-state index in [-0.39, 0.29) is 38.4 Å². The fraction of sp³-hybridized carbons (Fsp3) is 0.864. The van der Waals surface area contributed by atoms with Gasteiger partial charge in [0, 0.05) is 25.2 Å². The van der Waals surface area contributed by atoms with Crippen LogP contribution >= 0.6 is 7.82 Å². The number of phosphoric ester groups is 1. The lowest BCUT2D eigenvalue weighted by Gasteiger charge is -2.36. The first-order valence-corrected chi connectivity index (χ1v) is 23.9. The fourth-order valence-corrected chi connectivity index (χ4v) is 7.36. The second-order valence-electron chi connectivity index (χ2n) is 16.9. The zero-order chi connectivity index (χ0) is 43.1. The molecular weight excluding hydrogens is 765 g/mol. The largest absolute Gasteiger partial charge is 0.756 e. The molecule has 1 heterocycles. The van der Waals surface area contributed by atoms with Gasteiger partial charge in [0.1, 0.15) is 19.8 Å². The molecule has 14 heteroatoms. The number of allylic oxidation sites excluding steroid dienone is 2. The fourth-order valence-electron chi connectivity index (χ4n) is 6.63. The Labute approximate surface area is 351 Å². The van der Waals surface area contributed by atoms with Crippen LogP contribution in [0.4, 0.5) is 0 Å². The Morgan fingerprint density at radius 1 is 0.810 bits per heavy atom. The molecule has 0 aliphatic carbocycles. The molecular formula is C44H82NO12P. The average Bonchev–Trinajstić information content (AvgIpc) is 3.15. The smallest absolute Gasteiger partial charge is 0.306 e. The van der Waals surface area contributed by atoms with Crippen LogP contribution in [0.25, 0.3) is 0 Å². The quantitative estimate of drug-likeness (QED) is 0.0183.